The van der Waals surface area contributed by atoms with E-state index < -0.39 is 0 Å². The van der Waals surface area contributed by atoms with Crippen LogP contribution in [0.5, 0.6) is 0 Å². The first-order valence-electron chi connectivity index (χ1n) is 8.46. The maximum atomic E-state index is 12.5. The van der Waals surface area contributed by atoms with Gasteiger partial charge in [-0.2, -0.15) is 0 Å². The number of halogens is 1. The third-order valence-electron chi connectivity index (χ3n) is 4.45. The molecule has 1 fully saturated rings. The lowest BCUT2D eigenvalue weighted by Crippen LogP contribution is -2.27. The number of benzene rings is 2. The van der Waals surface area contributed by atoms with Gasteiger partial charge in [-0.15, -0.1) is 0 Å². The molecule has 1 N–H and O–H groups in total. The molecule has 0 aromatic heterocycles. The summed E-state index contributed by atoms with van der Waals surface area (Å²) in [4.78, 5) is 26.1. The molecule has 1 heterocycles. The smallest absolute Gasteiger partial charge is 0.251 e. The van der Waals surface area contributed by atoms with Gasteiger partial charge in [-0.3, -0.25) is 9.59 Å². The standard InChI is InChI=1S/C20H21ClN2O2/c1-14(16-7-9-18(21)10-8-16)22-20(25)17-5-2-4-15(12-17)13-23-11-3-6-19(23)24/h2,4-5,7-10,12,14H,3,6,11,13H2,1H3,(H,22,25). The Balaban J connectivity index is 1.66. The normalized spacial score (nSPS) is 15.3. The molecular weight excluding hydrogens is 336 g/mol. The lowest BCUT2D eigenvalue weighted by molar-refractivity contribution is -0.128. The summed E-state index contributed by atoms with van der Waals surface area (Å²) in [5, 5.41) is 3.67. The summed E-state index contributed by atoms with van der Waals surface area (Å²) < 4.78 is 0. The van der Waals surface area contributed by atoms with E-state index in [-0.39, 0.29) is 17.9 Å². The minimum Gasteiger partial charge on any atom is -0.346 e. The van der Waals surface area contributed by atoms with E-state index in [2.05, 4.69) is 5.32 Å². The molecule has 1 atom stereocenters. The third-order valence-corrected chi connectivity index (χ3v) is 4.70. The Bertz CT molecular complexity index is 774. The Labute approximate surface area is 152 Å². The zero-order valence-electron chi connectivity index (χ0n) is 14.2. The van der Waals surface area contributed by atoms with E-state index in [1.807, 2.05) is 54.3 Å². The number of carbonyl (C=O) groups excluding carboxylic acids is 2. The van der Waals surface area contributed by atoms with Crippen LogP contribution in [0.25, 0.3) is 0 Å². The summed E-state index contributed by atoms with van der Waals surface area (Å²) in [5.41, 5.74) is 2.57. The van der Waals surface area contributed by atoms with Crippen molar-refractivity contribution < 1.29 is 9.59 Å². The first-order chi connectivity index (χ1) is 12.0. The Kier molecular flexibility index (Phi) is 5.39. The van der Waals surface area contributed by atoms with Crippen LogP contribution < -0.4 is 5.32 Å². The molecule has 1 aliphatic rings. The van der Waals surface area contributed by atoms with Gasteiger partial charge in [-0.05, 0) is 48.7 Å². The van der Waals surface area contributed by atoms with Gasteiger partial charge in [0.1, 0.15) is 0 Å². The molecule has 4 nitrogen and oxygen atoms in total. The zero-order valence-corrected chi connectivity index (χ0v) is 14.9. The van der Waals surface area contributed by atoms with Crippen LogP contribution in [0.3, 0.4) is 0 Å². The second-order valence-corrected chi connectivity index (χ2v) is 6.80. The van der Waals surface area contributed by atoms with Crippen molar-refractivity contribution in [2.45, 2.75) is 32.4 Å². The van der Waals surface area contributed by atoms with Crippen LogP contribution in [0.2, 0.25) is 5.02 Å². The van der Waals surface area contributed by atoms with E-state index in [1.165, 1.54) is 0 Å². The number of nitrogens with one attached hydrogen (secondary N) is 1. The number of carbonyl (C=O) groups is 2. The molecule has 2 aromatic rings. The number of amides is 2. The Hall–Kier alpha value is -2.33. The minimum absolute atomic E-state index is 0.117. The Morgan fingerprint density at radius 3 is 2.68 bits per heavy atom. The van der Waals surface area contributed by atoms with Crippen LogP contribution >= 0.6 is 11.6 Å². The van der Waals surface area contributed by atoms with Crippen LogP contribution in [0, 0.1) is 0 Å². The second kappa shape index (κ2) is 7.70. The topological polar surface area (TPSA) is 49.4 Å². The molecule has 1 aliphatic heterocycles. The predicted octanol–water partition coefficient (Wildman–Crippen LogP) is 3.95. The highest BCUT2D eigenvalue weighted by Gasteiger charge is 2.20. The van der Waals surface area contributed by atoms with Crippen molar-refractivity contribution in [1.29, 1.82) is 0 Å². The molecule has 0 saturated carbocycles. The number of rotatable bonds is 5. The summed E-state index contributed by atoms with van der Waals surface area (Å²) >= 11 is 5.90. The molecule has 0 bridgehead atoms. The summed E-state index contributed by atoms with van der Waals surface area (Å²) in [6, 6.07) is 14.8. The van der Waals surface area contributed by atoms with Gasteiger partial charge < -0.3 is 10.2 Å². The van der Waals surface area contributed by atoms with Gasteiger partial charge in [-0.1, -0.05) is 35.9 Å². The molecule has 130 valence electrons. The van der Waals surface area contributed by atoms with Crippen molar-refractivity contribution in [1.82, 2.24) is 10.2 Å². The number of hydrogen-bond donors (Lipinski definition) is 1. The van der Waals surface area contributed by atoms with Crippen LogP contribution in [0.4, 0.5) is 0 Å². The average molecular weight is 357 g/mol. The van der Waals surface area contributed by atoms with E-state index in [0.29, 0.717) is 23.6 Å². The van der Waals surface area contributed by atoms with Crippen molar-refractivity contribution in [3.63, 3.8) is 0 Å². The number of nitrogens with zero attached hydrogens (tertiary/aromatic N) is 1. The molecule has 0 spiro atoms. The second-order valence-electron chi connectivity index (χ2n) is 6.37. The maximum Gasteiger partial charge on any atom is 0.251 e. The third kappa shape index (κ3) is 4.40. The summed E-state index contributed by atoms with van der Waals surface area (Å²) in [5.74, 6) is 0.0586. The zero-order chi connectivity index (χ0) is 17.8. The van der Waals surface area contributed by atoms with Gasteiger partial charge >= 0.3 is 0 Å². The van der Waals surface area contributed by atoms with Crippen LogP contribution in [0.1, 0.15) is 47.3 Å². The highest BCUT2D eigenvalue weighted by Crippen LogP contribution is 2.18. The molecule has 0 radical (unpaired) electrons. The van der Waals surface area contributed by atoms with E-state index in [0.717, 1.165) is 24.1 Å². The molecule has 1 saturated heterocycles. The lowest BCUT2D eigenvalue weighted by Gasteiger charge is -2.17. The van der Waals surface area contributed by atoms with Crippen LogP contribution in [-0.2, 0) is 11.3 Å². The van der Waals surface area contributed by atoms with Crippen molar-refractivity contribution in [3.8, 4) is 0 Å². The highest BCUT2D eigenvalue weighted by molar-refractivity contribution is 6.30. The van der Waals surface area contributed by atoms with Crippen molar-refractivity contribution >= 4 is 23.4 Å². The van der Waals surface area contributed by atoms with Gasteiger partial charge in [0.05, 0.1) is 6.04 Å². The van der Waals surface area contributed by atoms with Crippen LogP contribution in [0.15, 0.2) is 48.5 Å². The van der Waals surface area contributed by atoms with Gasteiger partial charge in [0, 0.05) is 30.1 Å². The molecule has 5 heteroatoms. The first kappa shape index (κ1) is 17.5. The highest BCUT2D eigenvalue weighted by atomic mass is 35.5. The SMILES string of the molecule is CC(NC(=O)c1cccc(CN2CCCC2=O)c1)c1ccc(Cl)cc1. The maximum absolute atomic E-state index is 12.5. The fraction of sp³-hybridized carbons (Fsp3) is 0.300. The Morgan fingerprint density at radius 2 is 2.00 bits per heavy atom. The molecule has 3 rings (SSSR count). The van der Waals surface area contributed by atoms with Crippen molar-refractivity contribution in [3.05, 3.63) is 70.2 Å². The van der Waals surface area contributed by atoms with E-state index in [9.17, 15) is 9.59 Å². The van der Waals surface area contributed by atoms with Gasteiger partial charge in [0.15, 0.2) is 0 Å². The summed E-state index contributed by atoms with van der Waals surface area (Å²) in [7, 11) is 0. The number of hydrogen-bond acceptors (Lipinski definition) is 2. The summed E-state index contributed by atoms with van der Waals surface area (Å²) in [6.07, 6.45) is 1.54. The molecule has 2 amide bonds. The van der Waals surface area contributed by atoms with E-state index >= 15 is 0 Å². The lowest BCUT2D eigenvalue weighted by atomic mass is 10.1. The quantitative estimate of drug-likeness (QED) is 0.881. The fourth-order valence-corrected chi connectivity index (χ4v) is 3.14. The van der Waals surface area contributed by atoms with E-state index in [1.54, 1.807) is 6.07 Å². The van der Waals surface area contributed by atoms with Gasteiger partial charge in [-0.25, -0.2) is 0 Å². The molecular formula is C20H21ClN2O2. The summed E-state index contributed by atoms with van der Waals surface area (Å²) in [6.45, 7) is 3.30. The average Bonchev–Trinajstić information content (AvgIpc) is 3.00. The first-order valence-corrected chi connectivity index (χ1v) is 8.84. The number of likely N-dealkylation sites (tertiary alicyclic amines) is 1. The predicted molar refractivity (Wildman–Crippen MR) is 98.4 cm³/mol. The van der Waals surface area contributed by atoms with Gasteiger partial charge in [0.2, 0.25) is 5.91 Å². The molecule has 25 heavy (non-hydrogen) atoms. The van der Waals surface area contributed by atoms with E-state index in [4.69, 9.17) is 11.6 Å². The largest absolute Gasteiger partial charge is 0.346 e. The van der Waals surface area contributed by atoms with Gasteiger partial charge in [0.25, 0.3) is 5.91 Å². The van der Waals surface area contributed by atoms with Crippen LogP contribution in [-0.4, -0.2) is 23.3 Å². The fourth-order valence-electron chi connectivity index (χ4n) is 3.02. The molecule has 1 unspecified atom stereocenters. The minimum atomic E-state index is -0.128. The van der Waals surface area contributed by atoms with Crippen molar-refractivity contribution in [2.75, 3.05) is 6.54 Å². The molecule has 0 aliphatic carbocycles. The van der Waals surface area contributed by atoms with Crippen molar-refractivity contribution in [2.24, 2.45) is 0 Å². The Morgan fingerprint density at radius 1 is 1.24 bits per heavy atom. The molecule has 2 aromatic carbocycles. The monoisotopic (exact) mass is 356 g/mol.